The Morgan fingerprint density at radius 2 is 1.77 bits per heavy atom. The van der Waals surface area contributed by atoms with Crippen LogP contribution in [-0.4, -0.2) is 51.9 Å². The smallest absolute Gasteiger partial charge is 0.289 e. The minimum Gasteiger partial charge on any atom is -0.459 e. The first-order valence-electron chi connectivity index (χ1n) is 8.63. The van der Waals surface area contributed by atoms with Gasteiger partial charge in [0.25, 0.3) is 11.8 Å². The first-order valence-corrected chi connectivity index (χ1v) is 9.62. The standard InChI is InChI=1S/C19H19FN2O3S/c20-15-5-3-14(4-6-15)17(23)22-11-13-26-19(22)7-9-21(10-8-19)18(24)16-2-1-12-25-16/h1-6,12H,7-11,13H2. The summed E-state index contributed by atoms with van der Waals surface area (Å²) in [5.74, 6) is 0.695. The molecule has 5 nitrogen and oxygen atoms in total. The molecule has 1 aromatic heterocycles. The Hall–Kier alpha value is -2.28. The van der Waals surface area contributed by atoms with E-state index >= 15 is 0 Å². The third-order valence-corrected chi connectivity index (χ3v) is 6.63. The fraction of sp³-hybridized carbons (Fsp3) is 0.368. The number of carbonyl (C=O) groups is 2. The summed E-state index contributed by atoms with van der Waals surface area (Å²) in [6, 6.07) is 9.06. The molecule has 2 amide bonds. The maximum atomic E-state index is 13.1. The van der Waals surface area contributed by atoms with E-state index in [2.05, 4.69) is 0 Å². The Kier molecular flexibility index (Phi) is 4.48. The van der Waals surface area contributed by atoms with Crippen molar-refractivity contribution in [3.05, 3.63) is 59.8 Å². The summed E-state index contributed by atoms with van der Waals surface area (Å²) in [7, 11) is 0. The highest BCUT2D eigenvalue weighted by molar-refractivity contribution is 8.00. The van der Waals surface area contributed by atoms with Crippen molar-refractivity contribution in [2.24, 2.45) is 0 Å². The highest BCUT2D eigenvalue weighted by Crippen LogP contribution is 2.44. The number of benzene rings is 1. The van der Waals surface area contributed by atoms with Crippen molar-refractivity contribution < 1.29 is 18.4 Å². The number of nitrogens with zero attached hydrogens (tertiary/aromatic N) is 2. The monoisotopic (exact) mass is 374 g/mol. The highest BCUT2D eigenvalue weighted by atomic mass is 32.2. The molecule has 0 saturated carbocycles. The van der Waals surface area contributed by atoms with Crippen molar-refractivity contribution in [3.63, 3.8) is 0 Å². The zero-order valence-electron chi connectivity index (χ0n) is 14.2. The van der Waals surface area contributed by atoms with E-state index in [0.29, 0.717) is 31.0 Å². The van der Waals surface area contributed by atoms with Crippen LogP contribution in [0, 0.1) is 5.82 Å². The molecule has 1 aromatic carbocycles. The number of piperidine rings is 1. The molecule has 2 fully saturated rings. The lowest BCUT2D eigenvalue weighted by molar-refractivity contribution is 0.0483. The van der Waals surface area contributed by atoms with E-state index < -0.39 is 0 Å². The molecule has 4 rings (SSSR count). The first kappa shape index (κ1) is 17.1. The van der Waals surface area contributed by atoms with E-state index in [1.807, 2.05) is 4.90 Å². The number of thioether (sulfide) groups is 1. The van der Waals surface area contributed by atoms with E-state index in [4.69, 9.17) is 4.42 Å². The molecule has 2 saturated heterocycles. The summed E-state index contributed by atoms with van der Waals surface area (Å²) in [4.78, 5) is 28.8. The van der Waals surface area contributed by atoms with Crippen molar-refractivity contribution in [3.8, 4) is 0 Å². The molecule has 2 aromatic rings. The topological polar surface area (TPSA) is 53.8 Å². The lowest BCUT2D eigenvalue weighted by Crippen LogP contribution is -2.53. The van der Waals surface area contributed by atoms with Gasteiger partial charge in [0.15, 0.2) is 5.76 Å². The Labute approximate surface area is 155 Å². The fourth-order valence-electron chi connectivity index (χ4n) is 3.67. The summed E-state index contributed by atoms with van der Waals surface area (Å²) in [5, 5.41) is 0. The van der Waals surface area contributed by atoms with Crippen LogP contribution in [0.3, 0.4) is 0 Å². The summed E-state index contributed by atoms with van der Waals surface area (Å²) in [5.41, 5.74) is 0.502. The maximum absolute atomic E-state index is 13.1. The van der Waals surface area contributed by atoms with Crippen LogP contribution in [0.2, 0.25) is 0 Å². The number of likely N-dealkylation sites (tertiary alicyclic amines) is 1. The van der Waals surface area contributed by atoms with Gasteiger partial charge in [-0.3, -0.25) is 9.59 Å². The van der Waals surface area contributed by atoms with Crippen LogP contribution in [0.25, 0.3) is 0 Å². The van der Waals surface area contributed by atoms with Crippen molar-refractivity contribution >= 4 is 23.6 Å². The van der Waals surface area contributed by atoms with E-state index in [0.717, 1.165) is 18.6 Å². The first-order chi connectivity index (χ1) is 12.6. The number of amides is 2. The van der Waals surface area contributed by atoms with Gasteiger partial charge < -0.3 is 14.2 Å². The Morgan fingerprint density at radius 1 is 1.04 bits per heavy atom. The van der Waals surface area contributed by atoms with Gasteiger partial charge in [0.2, 0.25) is 0 Å². The Morgan fingerprint density at radius 3 is 2.42 bits per heavy atom. The lowest BCUT2D eigenvalue weighted by atomic mass is 10.0. The van der Waals surface area contributed by atoms with Crippen LogP contribution >= 0.6 is 11.8 Å². The van der Waals surface area contributed by atoms with Crippen LogP contribution in [0.15, 0.2) is 47.1 Å². The normalized spacial score (nSPS) is 19.1. The molecule has 0 unspecified atom stereocenters. The maximum Gasteiger partial charge on any atom is 0.289 e. The van der Waals surface area contributed by atoms with Gasteiger partial charge in [-0.05, 0) is 49.2 Å². The zero-order chi connectivity index (χ0) is 18.1. The third-order valence-electron chi connectivity index (χ3n) is 5.08. The molecule has 2 aliphatic rings. The van der Waals surface area contributed by atoms with Crippen molar-refractivity contribution in [2.75, 3.05) is 25.4 Å². The molecule has 26 heavy (non-hydrogen) atoms. The molecular weight excluding hydrogens is 355 g/mol. The molecular formula is C19H19FN2O3S. The van der Waals surface area contributed by atoms with Crippen LogP contribution in [0.1, 0.15) is 33.8 Å². The van der Waals surface area contributed by atoms with E-state index in [1.165, 1.54) is 30.5 Å². The average Bonchev–Trinajstić information content (AvgIpc) is 3.32. The SMILES string of the molecule is O=C(c1ccco1)N1CCC2(CC1)SCCN2C(=O)c1ccc(F)cc1. The van der Waals surface area contributed by atoms with Gasteiger partial charge in [-0.2, -0.15) is 0 Å². The number of halogens is 1. The zero-order valence-corrected chi connectivity index (χ0v) is 15.0. The van der Waals surface area contributed by atoms with Crippen molar-refractivity contribution in [1.29, 1.82) is 0 Å². The average molecular weight is 374 g/mol. The summed E-state index contributed by atoms with van der Waals surface area (Å²) in [6.07, 6.45) is 2.93. The second-order valence-electron chi connectivity index (χ2n) is 6.53. The van der Waals surface area contributed by atoms with Crippen molar-refractivity contribution in [2.45, 2.75) is 17.7 Å². The third kappa shape index (κ3) is 3.00. The fourth-order valence-corrected chi connectivity index (χ4v) is 5.13. The second-order valence-corrected chi connectivity index (χ2v) is 7.98. The number of hydrogen-bond acceptors (Lipinski definition) is 4. The Bertz CT molecular complexity index is 799. The molecule has 0 radical (unpaired) electrons. The predicted octanol–water partition coefficient (Wildman–Crippen LogP) is 3.24. The molecule has 0 atom stereocenters. The van der Waals surface area contributed by atoms with Gasteiger partial charge in [0.05, 0.1) is 11.1 Å². The van der Waals surface area contributed by atoms with Gasteiger partial charge >= 0.3 is 0 Å². The van der Waals surface area contributed by atoms with E-state index in [9.17, 15) is 14.0 Å². The minimum absolute atomic E-state index is 0.0687. The van der Waals surface area contributed by atoms with E-state index in [1.54, 1.807) is 28.8 Å². The molecule has 2 aliphatic heterocycles. The van der Waals surface area contributed by atoms with Crippen LogP contribution in [0.5, 0.6) is 0 Å². The number of rotatable bonds is 2. The quantitative estimate of drug-likeness (QED) is 0.810. The predicted molar refractivity (Wildman–Crippen MR) is 96.5 cm³/mol. The molecule has 0 bridgehead atoms. The Balaban J connectivity index is 1.47. The van der Waals surface area contributed by atoms with Gasteiger partial charge in [-0.1, -0.05) is 0 Å². The summed E-state index contributed by atoms with van der Waals surface area (Å²) in [6.45, 7) is 1.84. The van der Waals surface area contributed by atoms with Crippen LogP contribution < -0.4 is 0 Å². The molecule has 1 spiro atoms. The van der Waals surface area contributed by atoms with E-state index in [-0.39, 0.29) is 22.5 Å². The largest absolute Gasteiger partial charge is 0.459 e. The van der Waals surface area contributed by atoms with Crippen LogP contribution in [0.4, 0.5) is 4.39 Å². The highest BCUT2D eigenvalue weighted by Gasteiger charge is 2.47. The van der Waals surface area contributed by atoms with Crippen molar-refractivity contribution in [1.82, 2.24) is 9.80 Å². The van der Waals surface area contributed by atoms with Gasteiger partial charge in [0.1, 0.15) is 5.82 Å². The summed E-state index contributed by atoms with van der Waals surface area (Å²) >= 11 is 1.78. The molecule has 136 valence electrons. The second kappa shape index (κ2) is 6.79. The number of furan rings is 1. The molecule has 3 heterocycles. The molecule has 0 N–H and O–H groups in total. The number of hydrogen-bond donors (Lipinski definition) is 0. The van der Waals surface area contributed by atoms with Gasteiger partial charge in [-0.15, -0.1) is 11.8 Å². The summed E-state index contributed by atoms with van der Waals surface area (Å²) < 4.78 is 18.3. The van der Waals surface area contributed by atoms with Crippen LogP contribution in [-0.2, 0) is 0 Å². The number of carbonyl (C=O) groups excluding carboxylic acids is 2. The molecule has 7 heteroatoms. The van der Waals surface area contributed by atoms with Gasteiger partial charge in [0, 0.05) is 31.0 Å². The lowest BCUT2D eigenvalue weighted by Gasteiger charge is -2.44. The molecule has 0 aliphatic carbocycles. The van der Waals surface area contributed by atoms with Gasteiger partial charge in [-0.25, -0.2) is 4.39 Å². The minimum atomic E-state index is -0.350.